The maximum atomic E-state index is 12.4. The Balaban J connectivity index is 2.22. The van der Waals surface area contributed by atoms with E-state index in [2.05, 4.69) is 9.97 Å². The van der Waals surface area contributed by atoms with Crippen molar-refractivity contribution in [2.75, 3.05) is 0 Å². The van der Waals surface area contributed by atoms with Crippen LogP contribution in [0.15, 0.2) is 30.5 Å². The smallest absolute Gasteiger partial charge is 0.416 e. The summed E-state index contributed by atoms with van der Waals surface area (Å²) >= 11 is 5.55. The zero-order valence-electron chi connectivity index (χ0n) is 8.25. The molecule has 90 valence electrons. The Bertz CT molecular complexity index is 524. The minimum absolute atomic E-state index is 0.0332. The van der Waals surface area contributed by atoms with Crippen LogP contribution in [0.2, 0.25) is 5.15 Å². The number of rotatable bonds is 2. The monoisotopic (exact) mass is 262 g/mol. The molecule has 0 amide bonds. The lowest BCUT2D eigenvalue weighted by atomic mass is 10.2. The number of benzene rings is 1. The van der Waals surface area contributed by atoms with E-state index >= 15 is 0 Å². The molecule has 0 atom stereocenters. The fourth-order valence-electron chi connectivity index (χ4n) is 1.18. The van der Waals surface area contributed by atoms with Gasteiger partial charge < -0.3 is 4.74 Å². The highest BCUT2D eigenvalue weighted by Crippen LogP contribution is 2.32. The van der Waals surface area contributed by atoms with Crippen LogP contribution in [0.3, 0.4) is 0 Å². The van der Waals surface area contributed by atoms with Gasteiger partial charge in [0.1, 0.15) is 10.9 Å². The molecule has 0 saturated carbocycles. The first-order valence-electron chi connectivity index (χ1n) is 4.51. The number of hydrogen-bond acceptors (Lipinski definition) is 2. The average molecular weight is 263 g/mol. The first-order valence-corrected chi connectivity index (χ1v) is 4.88. The molecule has 0 fully saturated rings. The van der Waals surface area contributed by atoms with Crippen LogP contribution < -0.4 is 4.74 Å². The predicted octanol–water partition coefficient (Wildman–Crippen LogP) is 3.87. The number of aromatic amines is 1. The summed E-state index contributed by atoms with van der Waals surface area (Å²) in [4.78, 5) is 6.25. The molecule has 1 aromatic heterocycles. The molecule has 0 aliphatic carbocycles. The normalized spacial score (nSPS) is 11.5. The summed E-state index contributed by atoms with van der Waals surface area (Å²) < 4.78 is 42.3. The first-order chi connectivity index (χ1) is 7.95. The van der Waals surface area contributed by atoms with Gasteiger partial charge in [-0.05, 0) is 18.2 Å². The van der Waals surface area contributed by atoms with Gasteiger partial charge in [-0.2, -0.15) is 13.2 Å². The minimum atomic E-state index is -4.40. The van der Waals surface area contributed by atoms with E-state index in [9.17, 15) is 13.2 Å². The number of alkyl halides is 3. The van der Waals surface area contributed by atoms with Crippen molar-refractivity contribution in [3.05, 3.63) is 41.2 Å². The second-order valence-corrected chi connectivity index (χ2v) is 3.57. The Labute approximate surface area is 99.2 Å². The summed E-state index contributed by atoms with van der Waals surface area (Å²) in [5, 5.41) is 0.243. The average Bonchev–Trinajstić information content (AvgIpc) is 2.63. The maximum absolute atomic E-state index is 12.4. The molecule has 0 bridgehead atoms. The molecular weight excluding hydrogens is 257 g/mol. The number of ether oxygens (including phenoxy) is 1. The van der Waals surface area contributed by atoms with E-state index in [1.807, 2.05) is 0 Å². The summed E-state index contributed by atoms with van der Waals surface area (Å²) in [6, 6.07) is 4.53. The molecule has 2 aromatic rings. The third-order valence-corrected chi connectivity index (χ3v) is 2.09. The van der Waals surface area contributed by atoms with Crippen LogP contribution in [0.1, 0.15) is 5.56 Å². The van der Waals surface area contributed by atoms with Crippen molar-refractivity contribution < 1.29 is 17.9 Å². The maximum Gasteiger partial charge on any atom is 0.416 e. The molecule has 0 saturated heterocycles. The number of H-pyrrole nitrogens is 1. The molecule has 0 unspecified atom stereocenters. The van der Waals surface area contributed by atoms with Gasteiger partial charge in [0.05, 0.1) is 11.8 Å². The van der Waals surface area contributed by atoms with E-state index in [4.69, 9.17) is 16.3 Å². The van der Waals surface area contributed by atoms with E-state index in [0.29, 0.717) is 0 Å². The van der Waals surface area contributed by atoms with E-state index in [-0.39, 0.29) is 16.9 Å². The predicted molar refractivity (Wildman–Crippen MR) is 55.1 cm³/mol. The zero-order chi connectivity index (χ0) is 12.5. The third-order valence-electron chi connectivity index (χ3n) is 1.90. The van der Waals surface area contributed by atoms with Crippen LogP contribution in [0.5, 0.6) is 11.8 Å². The fourth-order valence-corrected chi connectivity index (χ4v) is 1.31. The van der Waals surface area contributed by atoms with Crippen LogP contribution in [0.25, 0.3) is 0 Å². The SMILES string of the molecule is FC(F)(F)c1cccc(Oc2ncc(Cl)[nH]2)c1. The molecule has 0 aliphatic heterocycles. The van der Waals surface area contributed by atoms with Crippen molar-refractivity contribution in [3.63, 3.8) is 0 Å². The molecule has 0 spiro atoms. The van der Waals surface area contributed by atoms with E-state index < -0.39 is 11.7 Å². The summed E-state index contributed by atoms with van der Waals surface area (Å²) in [7, 11) is 0. The number of hydrogen-bond donors (Lipinski definition) is 1. The standard InChI is InChI=1S/C10H6ClF3N2O/c11-8-5-15-9(16-8)17-7-3-1-2-6(4-7)10(12,13)14/h1-5H,(H,15,16). The number of halogens is 4. The van der Waals surface area contributed by atoms with Crippen molar-refractivity contribution in [3.8, 4) is 11.8 Å². The molecule has 1 aromatic carbocycles. The number of aromatic nitrogens is 2. The van der Waals surface area contributed by atoms with Gasteiger partial charge in [-0.25, -0.2) is 4.98 Å². The van der Waals surface area contributed by atoms with E-state index in [1.54, 1.807) is 0 Å². The second-order valence-electron chi connectivity index (χ2n) is 3.16. The van der Waals surface area contributed by atoms with Gasteiger partial charge in [-0.3, -0.25) is 4.98 Å². The van der Waals surface area contributed by atoms with Gasteiger partial charge >= 0.3 is 6.18 Å². The molecule has 1 N–H and O–H groups in total. The van der Waals surface area contributed by atoms with Gasteiger partial charge in [0, 0.05) is 0 Å². The lowest BCUT2D eigenvalue weighted by Gasteiger charge is -2.08. The highest BCUT2D eigenvalue weighted by atomic mass is 35.5. The Morgan fingerprint density at radius 2 is 2.06 bits per heavy atom. The Hall–Kier alpha value is -1.69. The minimum Gasteiger partial charge on any atom is -0.426 e. The Morgan fingerprint density at radius 3 is 2.65 bits per heavy atom. The molecule has 17 heavy (non-hydrogen) atoms. The summed E-state index contributed by atoms with van der Waals surface area (Å²) in [6.45, 7) is 0. The lowest BCUT2D eigenvalue weighted by molar-refractivity contribution is -0.137. The highest BCUT2D eigenvalue weighted by Gasteiger charge is 2.30. The summed E-state index contributed by atoms with van der Waals surface area (Å²) in [5.41, 5.74) is -0.785. The van der Waals surface area contributed by atoms with Gasteiger partial charge in [0.25, 0.3) is 6.01 Å². The van der Waals surface area contributed by atoms with Crippen molar-refractivity contribution in [2.24, 2.45) is 0 Å². The number of imidazole rings is 1. The van der Waals surface area contributed by atoms with Gasteiger partial charge in [0.15, 0.2) is 0 Å². The van der Waals surface area contributed by atoms with Gasteiger partial charge in [-0.1, -0.05) is 17.7 Å². The summed E-state index contributed by atoms with van der Waals surface area (Å²) in [6.07, 6.45) is -3.11. The number of nitrogens with one attached hydrogen (secondary N) is 1. The summed E-state index contributed by atoms with van der Waals surface area (Å²) in [5.74, 6) is 0.0332. The van der Waals surface area contributed by atoms with Crippen LogP contribution >= 0.6 is 11.6 Å². The van der Waals surface area contributed by atoms with Crippen molar-refractivity contribution >= 4 is 11.6 Å². The van der Waals surface area contributed by atoms with Crippen LogP contribution in [0, 0.1) is 0 Å². The van der Waals surface area contributed by atoms with Crippen molar-refractivity contribution in [1.82, 2.24) is 9.97 Å². The van der Waals surface area contributed by atoms with Crippen LogP contribution in [-0.4, -0.2) is 9.97 Å². The molecule has 3 nitrogen and oxygen atoms in total. The van der Waals surface area contributed by atoms with Gasteiger partial charge in [0.2, 0.25) is 0 Å². The molecule has 1 heterocycles. The number of nitrogens with zero attached hydrogens (tertiary/aromatic N) is 1. The molecule has 0 aliphatic rings. The molecule has 2 rings (SSSR count). The van der Waals surface area contributed by atoms with E-state index in [0.717, 1.165) is 12.1 Å². The Morgan fingerprint density at radius 1 is 1.29 bits per heavy atom. The lowest BCUT2D eigenvalue weighted by Crippen LogP contribution is -2.04. The molecule has 7 heteroatoms. The van der Waals surface area contributed by atoms with Crippen LogP contribution in [0.4, 0.5) is 13.2 Å². The highest BCUT2D eigenvalue weighted by molar-refractivity contribution is 6.29. The first kappa shape index (κ1) is 11.8. The second kappa shape index (κ2) is 4.29. The van der Waals surface area contributed by atoms with Gasteiger partial charge in [-0.15, -0.1) is 0 Å². The van der Waals surface area contributed by atoms with E-state index in [1.165, 1.54) is 18.3 Å². The van der Waals surface area contributed by atoms with Crippen molar-refractivity contribution in [2.45, 2.75) is 6.18 Å². The largest absolute Gasteiger partial charge is 0.426 e. The fraction of sp³-hybridized carbons (Fsp3) is 0.100. The van der Waals surface area contributed by atoms with Crippen LogP contribution in [-0.2, 0) is 6.18 Å². The molecular formula is C10H6ClF3N2O. The quantitative estimate of drug-likeness (QED) is 0.892. The zero-order valence-corrected chi connectivity index (χ0v) is 9.01. The van der Waals surface area contributed by atoms with Crippen molar-refractivity contribution in [1.29, 1.82) is 0 Å². The molecule has 0 radical (unpaired) electrons. The topological polar surface area (TPSA) is 37.9 Å². The Kier molecular flexibility index (Phi) is 2.97. The third kappa shape index (κ3) is 2.91.